The predicted molar refractivity (Wildman–Crippen MR) is 96.6 cm³/mol. The summed E-state index contributed by atoms with van der Waals surface area (Å²) in [6, 6.07) is 16.4. The van der Waals surface area contributed by atoms with E-state index in [1.807, 2.05) is 6.07 Å². The molecule has 0 saturated heterocycles. The Morgan fingerprint density at radius 3 is 2.62 bits per heavy atom. The molecular formula is C19H13ClN2O4. The molecule has 130 valence electrons. The van der Waals surface area contributed by atoms with Crippen molar-refractivity contribution >= 4 is 29.7 Å². The van der Waals surface area contributed by atoms with E-state index in [1.54, 1.807) is 42.5 Å². The lowest BCUT2D eigenvalue weighted by Gasteiger charge is -2.06. The number of carbonyl (C=O) groups excluding carboxylic acids is 2. The Balaban J connectivity index is 1.73. The Morgan fingerprint density at radius 2 is 1.88 bits per heavy atom. The number of furan rings is 1. The minimum absolute atomic E-state index is 0.0696. The number of nitrogens with one attached hydrogen (secondary N) is 1. The summed E-state index contributed by atoms with van der Waals surface area (Å²) in [7, 11) is 0. The molecule has 0 spiro atoms. The van der Waals surface area contributed by atoms with Gasteiger partial charge >= 0.3 is 5.97 Å². The van der Waals surface area contributed by atoms with Crippen LogP contribution in [0.1, 0.15) is 26.5 Å². The standard InChI is InChI=1S/C19H13ClN2O4/c20-15-8-9-16(26-19(24)17-7-4-10-25-17)14(11-15)12-21-22-18(23)13-5-2-1-3-6-13/h1-12H,(H,22,23)/b21-12+. The highest BCUT2D eigenvalue weighted by atomic mass is 35.5. The van der Waals surface area contributed by atoms with Crippen LogP contribution in [0.4, 0.5) is 0 Å². The largest absolute Gasteiger partial charge is 0.457 e. The second-order valence-electron chi connectivity index (χ2n) is 5.11. The summed E-state index contributed by atoms with van der Waals surface area (Å²) < 4.78 is 10.3. The van der Waals surface area contributed by atoms with Crippen molar-refractivity contribution in [3.63, 3.8) is 0 Å². The number of halogens is 1. The highest BCUT2D eigenvalue weighted by Gasteiger charge is 2.14. The van der Waals surface area contributed by atoms with E-state index in [0.29, 0.717) is 16.1 Å². The van der Waals surface area contributed by atoms with E-state index in [1.165, 1.54) is 24.6 Å². The lowest BCUT2D eigenvalue weighted by atomic mass is 10.2. The smallest absolute Gasteiger partial charge is 0.379 e. The molecule has 1 heterocycles. The molecular weight excluding hydrogens is 356 g/mol. The third-order valence-corrected chi connectivity index (χ3v) is 3.54. The first-order valence-corrected chi connectivity index (χ1v) is 7.95. The van der Waals surface area contributed by atoms with Gasteiger partial charge in [0.1, 0.15) is 5.75 Å². The van der Waals surface area contributed by atoms with Crippen LogP contribution < -0.4 is 10.2 Å². The zero-order valence-electron chi connectivity index (χ0n) is 13.4. The number of hydrazone groups is 1. The van der Waals surface area contributed by atoms with Crippen LogP contribution in [0.25, 0.3) is 0 Å². The molecule has 0 aliphatic carbocycles. The first-order valence-electron chi connectivity index (χ1n) is 7.57. The van der Waals surface area contributed by atoms with Gasteiger partial charge < -0.3 is 9.15 Å². The van der Waals surface area contributed by atoms with Crippen LogP contribution in [-0.4, -0.2) is 18.1 Å². The Hall–Kier alpha value is -3.38. The van der Waals surface area contributed by atoms with Crippen molar-refractivity contribution in [1.29, 1.82) is 0 Å². The van der Waals surface area contributed by atoms with Gasteiger partial charge in [0.2, 0.25) is 5.76 Å². The number of benzene rings is 2. The van der Waals surface area contributed by atoms with E-state index in [2.05, 4.69) is 10.5 Å². The molecule has 3 rings (SSSR count). The Labute approximate surface area is 154 Å². The van der Waals surface area contributed by atoms with Crippen LogP contribution in [0.5, 0.6) is 5.75 Å². The van der Waals surface area contributed by atoms with E-state index in [0.717, 1.165) is 0 Å². The van der Waals surface area contributed by atoms with Gasteiger partial charge in [-0.1, -0.05) is 29.8 Å². The normalized spacial score (nSPS) is 10.7. The van der Waals surface area contributed by atoms with Crippen molar-refractivity contribution in [2.75, 3.05) is 0 Å². The molecule has 0 bridgehead atoms. The second kappa shape index (κ2) is 8.13. The number of hydrogen-bond donors (Lipinski definition) is 1. The van der Waals surface area contributed by atoms with Crippen LogP contribution in [0, 0.1) is 0 Å². The maximum Gasteiger partial charge on any atom is 0.379 e. The van der Waals surface area contributed by atoms with E-state index < -0.39 is 5.97 Å². The quantitative estimate of drug-likeness (QED) is 0.320. The number of amides is 1. The average molecular weight is 369 g/mol. The third kappa shape index (κ3) is 4.37. The van der Waals surface area contributed by atoms with Crippen LogP contribution >= 0.6 is 11.6 Å². The molecule has 1 N–H and O–H groups in total. The van der Waals surface area contributed by atoms with Gasteiger partial charge in [-0.2, -0.15) is 5.10 Å². The number of hydrogen-bond acceptors (Lipinski definition) is 5. The molecule has 3 aromatic rings. The van der Waals surface area contributed by atoms with Gasteiger partial charge in [0.15, 0.2) is 0 Å². The molecule has 26 heavy (non-hydrogen) atoms. The average Bonchev–Trinajstić information content (AvgIpc) is 3.19. The SMILES string of the molecule is O=C(N/N=C/c1cc(Cl)ccc1OC(=O)c1ccco1)c1ccccc1. The molecule has 0 saturated carbocycles. The van der Waals surface area contributed by atoms with Crippen molar-refractivity contribution in [2.45, 2.75) is 0 Å². The first-order chi connectivity index (χ1) is 12.6. The van der Waals surface area contributed by atoms with Gasteiger partial charge in [-0.05, 0) is 42.5 Å². The van der Waals surface area contributed by atoms with Crippen molar-refractivity contribution in [2.24, 2.45) is 5.10 Å². The van der Waals surface area contributed by atoms with E-state index >= 15 is 0 Å². The summed E-state index contributed by atoms with van der Waals surface area (Å²) >= 11 is 5.98. The second-order valence-corrected chi connectivity index (χ2v) is 5.55. The predicted octanol–water partition coefficient (Wildman–Crippen LogP) is 3.92. The summed E-state index contributed by atoms with van der Waals surface area (Å²) in [5.74, 6) is -0.716. The van der Waals surface area contributed by atoms with E-state index in [9.17, 15) is 9.59 Å². The molecule has 0 unspecified atom stereocenters. The molecule has 0 aliphatic heterocycles. The summed E-state index contributed by atoms with van der Waals surface area (Å²) in [4.78, 5) is 24.0. The molecule has 1 amide bonds. The molecule has 0 radical (unpaired) electrons. The molecule has 7 heteroatoms. The maximum absolute atomic E-state index is 12.0. The fourth-order valence-corrected chi connectivity index (χ4v) is 2.25. The van der Waals surface area contributed by atoms with Crippen molar-refractivity contribution in [3.8, 4) is 5.75 Å². The van der Waals surface area contributed by atoms with Crippen LogP contribution in [0.15, 0.2) is 76.4 Å². The minimum Gasteiger partial charge on any atom is -0.457 e. The topological polar surface area (TPSA) is 80.9 Å². The molecule has 0 fully saturated rings. The monoisotopic (exact) mass is 368 g/mol. The number of nitrogens with zero attached hydrogens (tertiary/aromatic N) is 1. The number of carbonyl (C=O) groups is 2. The van der Waals surface area contributed by atoms with Crippen LogP contribution in [0.2, 0.25) is 5.02 Å². The van der Waals surface area contributed by atoms with Crippen molar-refractivity contribution in [3.05, 3.63) is 88.8 Å². The number of rotatable bonds is 5. The van der Waals surface area contributed by atoms with E-state index in [-0.39, 0.29) is 17.4 Å². The number of esters is 1. The zero-order valence-corrected chi connectivity index (χ0v) is 14.1. The van der Waals surface area contributed by atoms with Gasteiger partial charge in [0.05, 0.1) is 12.5 Å². The van der Waals surface area contributed by atoms with Gasteiger partial charge in [0, 0.05) is 16.1 Å². The first kappa shape index (κ1) is 17.4. The molecule has 1 aromatic heterocycles. The zero-order chi connectivity index (χ0) is 18.4. The molecule has 2 aromatic carbocycles. The maximum atomic E-state index is 12.0. The Morgan fingerprint density at radius 1 is 1.08 bits per heavy atom. The fraction of sp³-hybridized carbons (Fsp3) is 0. The summed E-state index contributed by atoms with van der Waals surface area (Å²) in [6.45, 7) is 0. The Bertz CT molecular complexity index is 937. The lowest BCUT2D eigenvalue weighted by molar-refractivity contribution is 0.0701. The summed E-state index contributed by atoms with van der Waals surface area (Å²) in [5.41, 5.74) is 3.30. The molecule has 0 atom stereocenters. The number of ether oxygens (including phenoxy) is 1. The van der Waals surface area contributed by atoms with Crippen molar-refractivity contribution in [1.82, 2.24) is 5.43 Å². The summed E-state index contributed by atoms with van der Waals surface area (Å²) in [6.07, 6.45) is 2.72. The molecule has 0 aliphatic rings. The highest BCUT2D eigenvalue weighted by Crippen LogP contribution is 2.22. The van der Waals surface area contributed by atoms with Gasteiger partial charge in [-0.3, -0.25) is 4.79 Å². The summed E-state index contributed by atoms with van der Waals surface area (Å²) in [5, 5.41) is 4.32. The Kier molecular flexibility index (Phi) is 5.46. The fourth-order valence-electron chi connectivity index (χ4n) is 2.07. The van der Waals surface area contributed by atoms with Gasteiger partial charge in [-0.15, -0.1) is 0 Å². The van der Waals surface area contributed by atoms with Crippen molar-refractivity contribution < 1.29 is 18.7 Å². The van der Waals surface area contributed by atoms with Crippen LogP contribution in [-0.2, 0) is 0 Å². The van der Waals surface area contributed by atoms with Gasteiger partial charge in [0.25, 0.3) is 5.91 Å². The minimum atomic E-state index is -0.653. The van der Waals surface area contributed by atoms with E-state index in [4.69, 9.17) is 20.8 Å². The van der Waals surface area contributed by atoms with Gasteiger partial charge in [-0.25, -0.2) is 10.2 Å². The molecule has 6 nitrogen and oxygen atoms in total. The highest BCUT2D eigenvalue weighted by molar-refractivity contribution is 6.31. The van der Waals surface area contributed by atoms with Crippen LogP contribution in [0.3, 0.4) is 0 Å². The lowest BCUT2D eigenvalue weighted by Crippen LogP contribution is -2.17. The third-order valence-electron chi connectivity index (χ3n) is 3.30.